The number of carbonyl (C=O) groups excluding carboxylic acids is 1. The molecule has 2 aromatic rings. The number of anilines is 1. The lowest BCUT2D eigenvalue weighted by Crippen LogP contribution is -2.44. The molecule has 1 fully saturated rings. The van der Waals surface area contributed by atoms with E-state index in [-0.39, 0.29) is 24.7 Å². The van der Waals surface area contributed by atoms with Crippen molar-refractivity contribution in [3.8, 4) is 5.75 Å². The molecule has 0 radical (unpaired) electrons. The first-order chi connectivity index (χ1) is 13.9. The first kappa shape index (κ1) is 21.3. The summed E-state index contributed by atoms with van der Waals surface area (Å²) >= 11 is 0. The number of amides is 1. The van der Waals surface area contributed by atoms with Gasteiger partial charge in [-0.05, 0) is 49.1 Å². The number of carbonyl (C=O) groups is 1. The lowest BCUT2D eigenvalue weighted by Gasteiger charge is -2.35. The molecular weight excluding hydrogens is 364 g/mol. The predicted molar refractivity (Wildman–Crippen MR) is 116 cm³/mol. The molecule has 156 valence electrons. The van der Waals surface area contributed by atoms with Gasteiger partial charge in [0.2, 0.25) is 0 Å². The summed E-state index contributed by atoms with van der Waals surface area (Å²) in [6.45, 7) is 11.1. The molecule has 2 aromatic carbocycles. The van der Waals surface area contributed by atoms with E-state index in [4.69, 9.17) is 9.47 Å². The van der Waals surface area contributed by atoms with Crippen molar-refractivity contribution in [2.75, 3.05) is 25.0 Å². The molecule has 0 aliphatic carbocycles. The Kier molecular flexibility index (Phi) is 7.29. The van der Waals surface area contributed by atoms with Gasteiger partial charge in [-0.2, -0.15) is 0 Å². The Hall–Kier alpha value is -2.37. The molecule has 5 heteroatoms. The third-order valence-electron chi connectivity index (χ3n) is 5.10. The number of para-hydroxylation sites is 1. The molecular formula is C24H32N2O3. The molecule has 0 bridgehead atoms. The Bertz CT molecular complexity index is 794. The molecule has 5 nitrogen and oxygen atoms in total. The Labute approximate surface area is 174 Å². The summed E-state index contributed by atoms with van der Waals surface area (Å²) < 4.78 is 11.5. The maximum Gasteiger partial charge on any atom is 0.262 e. The highest BCUT2D eigenvalue weighted by Crippen LogP contribution is 2.21. The van der Waals surface area contributed by atoms with Gasteiger partial charge in [0, 0.05) is 25.3 Å². The van der Waals surface area contributed by atoms with Crippen molar-refractivity contribution in [2.24, 2.45) is 0 Å². The second-order valence-corrected chi connectivity index (χ2v) is 8.17. The average Bonchev–Trinajstić information content (AvgIpc) is 2.67. The summed E-state index contributed by atoms with van der Waals surface area (Å²) in [5, 5.41) is 3.00. The van der Waals surface area contributed by atoms with Gasteiger partial charge < -0.3 is 14.8 Å². The van der Waals surface area contributed by atoms with Crippen LogP contribution in [-0.4, -0.2) is 42.7 Å². The van der Waals surface area contributed by atoms with Crippen LogP contribution in [0.4, 0.5) is 5.69 Å². The normalized spacial score (nSPS) is 19.9. The van der Waals surface area contributed by atoms with Crippen molar-refractivity contribution in [1.29, 1.82) is 0 Å². The molecule has 1 heterocycles. The van der Waals surface area contributed by atoms with E-state index in [0.717, 1.165) is 30.9 Å². The molecule has 2 unspecified atom stereocenters. The number of ether oxygens (including phenoxy) is 2. The SMILES string of the molecule is CC1CN(Cc2ccccc2NC(=O)COc2ccc(C(C)C)cc2)CC(C)O1. The average molecular weight is 397 g/mol. The lowest BCUT2D eigenvalue weighted by molar-refractivity contribution is -0.118. The zero-order chi connectivity index (χ0) is 20.8. The van der Waals surface area contributed by atoms with Gasteiger partial charge in [0.05, 0.1) is 12.2 Å². The van der Waals surface area contributed by atoms with E-state index in [0.29, 0.717) is 11.7 Å². The summed E-state index contributed by atoms with van der Waals surface area (Å²) in [6.07, 6.45) is 0.437. The Morgan fingerprint density at radius 3 is 2.41 bits per heavy atom. The summed E-state index contributed by atoms with van der Waals surface area (Å²) in [4.78, 5) is 14.8. The number of benzene rings is 2. The highest BCUT2D eigenvalue weighted by atomic mass is 16.5. The van der Waals surface area contributed by atoms with Gasteiger partial charge in [-0.3, -0.25) is 9.69 Å². The van der Waals surface area contributed by atoms with E-state index in [1.165, 1.54) is 5.56 Å². The minimum absolute atomic E-state index is 0.0129. The van der Waals surface area contributed by atoms with E-state index in [2.05, 4.69) is 44.0 Å². The van der Waals surface area contributed by atoms with Gasteiger partial charge in [-0.15, -0.1) is 0 Å². The van der Waals surface area contributed by atoms with Crippen LogP contribution >= 0.6 is 0 Å². The molecule has 1 aliphatic rings. The number of rotatable bonds is 7. The largest absolute Gasteiger partial charge is 0.484 e. The highest BCUT2D eigenvalue weighted by Gasteiger charge is 2.22. The topological polar surface area (TPSA) is 50.8 Å². The third kappa shape index (κ3) is 6.31. The van der Waals surface area contributed by atoms with Gasteiger partial charge in [-0.25, -0.2) is 0 Å². The highest BCUT2D eigenvalue weighted by molar-refractivity contribution is 5.92. The fourth-order valence-electron chi connectivity index (χ4n) is 3.72. The van der Waals surface area contributed by atoms with Crippen molar-refractivity contribution in [3.05, 3.63) is 59.7 Å². The van der Waals surface area contributed by atoms with Crippen LogP contribution < -0.4 is 10.1 Å². The molecule has 1 amide bonds. The van der Waals surface area contributed by atoms with E-state index >= 15 is 0 Å². The number of nitrogens with one attached hydrogen (secondary N) is 1. The molecule has 29 heavy (non-hydrogen) atoms. The molecule has 0 aromatic heterocycles. The van der Waals surface area contributed by atoms with Crippen LogP contribution in [0.1, 0.15) is 44.7 Å². The fraction of sp³-hybridized carbons (Fsp3) is 0.458. The van der Waals surface area contributed by atoms with Gasteiger partial charge in [0.1, 0.15) is 5.75 Å². The van der Waals surface area contributed by atoms with Gasteiger partial charge in [0.25, 0.3) is 5.91 Å². The van der Waals surface area contributed by atoms with Crippen molar-refractivity contribution in [2.45, 2.75) is 52.4 Å². The van der Waals surface area contributed by atoms with E-state index < -0.39 is 0 Å². The Balaban J connectivity index is 1.56. The van der Waals surface area contributed by atoms with Gasteiger partial charge in [-0.1, -0.05) is 44.2 Å². The number of hydrogen-bond acceptors (Lipinski definition) is 4. The first-order valence-corrected chi connectivity index (χ1v) is 10.4. The first-order valence-electron chi connectivity index (χ1n) is 10.4. The van der Waals surface area contributed by atoms with Gasteiger partial charge in [0.15, 0.2) is 6.61 Å². The second kappa shape index (κ2) is 9.90. The van der Waals surface area contributed by atoms with Crippen LogP contribution in [0.5, 0.6) is 5.75 Å². The summed E-state index contributed by atoms with van der Waals surface area (Å²) in [6, 6.07) is 15.9. The Morgan fingerprint density at radius 1 is 1.10 bits per heavy atom. The van der Waals surface area contributed by atoms with Crippen molar-refractivity contribution < 1.29 is 14.3 Å². The molecule has 0 spiro atoms. The smallest absolute Gasteiger partial charge is 0.262 e. The van der Waals surface area contributed by atoms with Crippen LogP contribution in [0.15, 0.2) is 48.5 Å². The lowest BCUT2D eigenvalue weighted by atomic mass is 10.0. The van der Waals surface area contributed by atoms with E-state index in [1.54, 1.807) is 0 Å². The molecule has 1 aliphatic heterocycles. The van der Waals surface area contributed by atoms with Crippen molar-refractivity contribution in [1.82, 2.24) is 4.90 Å². The van der Waals surface area contributed by atoms with Gasteiger partial charge >= 0.3 is 0 Å². The standard InChI is InChI=1S/C24H32N2O3/c1-17(2)20-9-11-22(12-10-20)28-16-24(27)25-23-8-6-5-7-21(23)15-26-13-18(3)29-19(4)14-26/h5-12,17-19H,13-16H2,1-4H3,(H,25,27). The Morgan fingerprint density at radius 2 is 1.76 bits per heavy atom. The minimum Gasteiger partial charge on any atom is -0.484 e. The fourth-order valence-corrected chi connectivity index (χ4v) is 3.72. The second-order valence-electron chi connectivity index (χ2n) is 8.17. The van der Waals surface area contributed by atoms with Crippen LogP contribution in [0.2, 0.25) is 0 Å². The quantitative estimate of drug-likeness (QED) is 0.752. The maximum absolute atomic E-state index is 12.4. The molecule has 0 saturated carbocycles. The number of hydrogen-bond donors (Lipinski definition) is 1. The zero-order valence-electron chi connectivity index (χ0n) is 17.9. The maximum atomic E-state index is 12.4. The van der Waals surface area contributed by atoms with Crippen LogP contribution in [0, 0.1) is 0 Å². The molecule has 2 atom stereocenters. The summed E-state index contributed by atoms with van der Waals surface area (Å²) in [5.74, 6) is 1.02. The van der Waals surface area contributed by atoms with Crippen molar-refractivity contribution >= 4 is 11.6 Å². The monoisotopic (exact) mass is 396 g/mol. The van der Waals surface area contributed by atoms with Crippen molar-refractivity contribution in [3.63, 3.8) is 0 Å². The summed E-state index contributed by atoms with van der Waals surface area (Å²) in [7, 11) is 0. The van der Waals surface area contributed by atoms with E-state index in [1.807, 2.05) is 42.5 Å². The van der Waals surface area contributed by atoms with Crippen LogP contribution in [-0.2, 0) is 16.1 Å². The van der Waals surface area contributed by atoms with Crippen LogP contribution in [0.3, 0.4) is 0 Å². The number of morpholine rings is 1. The molecule has 1 N–H and O–H groups in total. The summed E-state index contributed by atoms with van der Waals surface area (Å²) in [5.41, 5.74) is 3.19. The molecule has 3 rings (SSSR count). The zero-order valence-corrected chi connectivity index (χ0v) is 17.9. The third-order valence-corrected chi connectivity index (χ3v) is 5.10. The molecule has 1 saturated heterocycles. The van der Waals surface area contributed by atoms with E-state index in [9.17, 15) is 4.79 Å². The minimum atomic E-state index is -0.158. The van der Waals surface area contributed by atoms with Crippen LogP contribution in [0.25, 0.3) is 0 Å². The predicted octanol–water partition coefficient (Wildman–Crippen LogP) is 4.44. The number of nitrogens with zero attached hydrogens (tertiary/aromatic N) is 1.